The van der Waals surface area contributed by atoms with Crippen LogP contribution in [-0.2, 0) is 6.54 Å². The molecular weight excluding hydrogens is 324 g/mol. The minimum absolute atomic E-state index is 0.0450. The molecule has 25 heavy (non-hydrogen) atoms. The summed E-state index contributed by atoms with van der Waals surface area (Å²) in [5.41, 5.74) is 2.22. The number of ether oxygens (including phenoxy) is 1. The second-order valence-corrected chi connectivity index (χ2v) is 5.59. The third-order valence-corrected chi connectivity index (χ3v) is 3.85. The Kier molecular flexibility index (Phi) is 4.38. The number of methoxy groups -OCH3 is 1. The Bertz CT molecular complexity index is 1010. The summed E-state index contributed by atoms with van der Waals surface area (Å²) in [6, 6.07) is 11.3. The Morgan fingerprint density at radius 3 is 2.72 bits per heavy atom. The van der Waals surface area contributed by atoms with Crippen LogP contribution >= 0.6 is 0 Å². The second kappa shape index (κ2) is 6.64. The van der Waals surface area contributed by atoms with Crippen molar-refractivity contribution in [3.8, 4) is 5.75 Å². The molecular formula is C18H16N2O5. The maximum atomic E-state index is 11.8. The highest BCUT2D eigenvalue weighted by Gasteiger charge is 2.12. The predicted molar refractivity (Wildman–Crippen MR) is 94.2 cm³/mol. The monoisotopic (exact) mass is 340 g/mol. The number of nitro benzene ring substituents is 1. The number of anilines is 1. The van der Waals surface area contributed by atoms with E-state index in [0.717, 1.165) is 16.5 Å². The smallest absolute Gasteiger partial charge is 0.336 e. The van der Waals surface area contributed by atoms with Crippen molar-refractivity contribution in [1.82, 2.24) is 0 Å². The van der Waals surface area contributed by atoms with Gasteiger partial charge in [-0.15, -0.1) is 0 Å². The van der Waals surface area contributed by atoms with E-state index in [1.54, 1.807) is 6.07 Å². The molecule has 1 N–H and O–H groups in total. The quantitative estimate of drug-likeness (QED) is 0.433. The van der Waals surface area contributed by atoms with Gasteiger partial charge in [-0.1, -0.05) is 12.1 Å². The van der Waals surface area contributed by atoms with Crippen molar-refractivity contribution in [2.75, 3.05) is 12.4 Å². The molecule has 0 aliphatic heterocycles. The number of rotatable bonds is 5. The van der Waals surface area contributed by atoms with Gasteiger partial charge in [-0.2, -0.15) is 0 Å². The molecule has 7 nitrogen and oxygen atoms in total. The van der Waals surface area contributed by atoms with Gasteiger partial charge in [-0.25, -0.2) is 4.79 Å². The first kappa shape index (κ1) is 16.5. The van der Waals surface area contributed by atoms with E-state index in [0.29, 0.717) is 23.6 Å². The van der Waals surface area contributed by atoms with E-state index >= 15 is 0 Å². The topological polar surface area (TPSA) is 94.6 Å². The van der Waals surface area contributed by atoms with E-state index in [2.05, 4.69) is 5.32 Å². The Balaban J connectivity index is 1.97. The predicted octanol–water partition coefficient (Wildman–Crippen LogP) is 3.63. The lowest BCUT2D eigenvalue weighted by Crippen LogP contribution is -2.07. The van der Waals surface area contributed by atoms with Crippen LogP contribution in [-0.4, -0.2) is 12.0 Å². The van der Waals surface area contributed by atoms with Gasteiger partial charge in [0.25, 0.3) is 5.69 Å². The number of non-ortho nitro benzene ring substituents is 1. The van der Waals surface area contributed by atoms with Crippen LogP contribution in [0.3, 0.4) is 0 Å². The lowest BCUT2D eigenvalue weighted by molar-refractivity contribution is -0.384. The van der Waals surface area contributed by atoms with Gasteiger partial charge in [0, 0.05) is 30.1 Å². The first-order valence-electron chi connectivity index (χ1n) is 7.57. The lowest BCUT2D eigenvalue weighted by Gasteiger charge is -2.12. The molecule has 0 amide bonds. The molecule has 0 aliphatic carbocycles. The second-order valence-electron chi connectivity index (χ2n) is 5.59. The molecule has 0 unspecified atom stereocenters. The number of fused-ring (bicyclic) bond motifs is 1. The molecule has 2 aromatic carbocycles. The van der Waals surface area contributed by atoms with Gasteiger partial charge in [0.15, 0.2) is 0 Å². The van der Waals surface area contributed by atoms with Crippen molar-refractivity contribution in [3.05, 3.63) is 74.1 Å². The Morgan fingerprint density at radius 1 is 1.20 bits per heavy atom. The fraction of sp³-hybridized carbons (Fsp3) is 0.167. The number of aryl methyl sites for hydroxylation is 1. The van der Waals surface area contributed by atoms with Crippen molar-refractivity contribution < 1.29 is 14.1 Å². The van der Waals surface area contributed by atoms with Crippen LogP contribution in [0, 0.1) is 17.0 Å². The Labute approximate surface area is 143 Å². The van der Waals surface area contributed by atoms with E-state index in [1.165, 1.54) is 31.4 Å². The molecule has 3 rings (SSSR count). The molecule has 7 heteroatoms. The van der Waals surface area contributed by atoms with Crippen LogP contribution in [0.25, 0.3) is 11.0 Å². The van der Waals surface area contributed by atoms with Crippen molar-refractivity contribution >= 4 is 22.3 Å². The van der Waals surface area contributed by atoms with E-state index in [1.807, 2.05) is 19.1 Å². The normalized spacial score (nSPS) is 10.6. The summed E-state index contributed by atoms with van der Waals surface area (Å²) >= 11 is 0. The summed E-state index contributed by atoms with van der Waals surface area (Å²) in [7, 11) is 1.49. The number of hydrogen-bond donors (Lipinski definition) is 1. The molecule has 1 aromatic heterocycles. The Morgan fingerprint density at radius 2 is 2.00 bits per heavy atom. The number of nitrogens with zero attached hydrogens (tertiary/aromatic N) is 1. The van der Waals surface area contributed by atoms with Gasteiger partial charge >= 0.3 is 5.63 Å². The number of nitrogens with one attached hydrogen (secondary N) is 1. The van der Waals surface area contributed by atoms with Gasteiger partial charge in [-0.05, 0) is 30.2 Å². The summed E-state index contributed by atoms with van der Waals surface area (Å²) in [6.07, 6.45) is 0. The molecule has 0 bridgehead atoms. The highest BCUT2D eigenvalue weighted by atomic mass is 16.6. The molecule has 0 atom stereocenters. The summed E-state index contributed by atoms with van der Waals surface area (Å²) in [5.74, 6) is 0.480. The van der Waals surface area contributed by atoms with Crippen molar-refractivity contribution in [2.45, 2.75) is 13.5 Å². The zero-order valence-electron chi connectivity index (χ0n) is 13.7. The Hall–Kier alpha value is -3.35. The van der Waals surface area contributed by atoms with E-state index < -0.39 is 10.5 Å². The van der Waals surface area contributed by atoms with Crippen LogP contribution in [0.1, 0.15) is 11.1 Å². The summed E-state index contributed by atoms with van der Waals surface area (Å²) < 4.78 is 10.5. The molecule has 0 aliphatic rings. The molecule has 0 saturated carbocycles. The number of nitro groups is 1. The highest BCUT2D eigenvalue weighted by Crippen LogP contribution is 2.29. The largest absolute Gasteiger partial charge is 0.495 e. The minimum atomic E-state index is -0.472. The maximum absolute atomic E-state index is 11.8. The van der Waals surface area contributed by atoms with E-state index in [4.69, 9.17) is 9.15 Å². The number of hydrogen-bond acceptors (Lipinski definition) is 6. The molecule has 128 valence electrons. The molecule has 0 fully saturated rings. The zero-order valence-corrected chi connectivity index (χ0v) is 13.7. The van der Waals surface area contributed by atoms with Gasteiger partial charge < -0.3 is 14.5 Å². The third kappa shape index (κ3) is 3.45. The first-order valence-corrected chi connectivity index (χ1v) is 7.57. The third-order valence-electron chi connectivity index (χ3n) is 3.85. The SMILES string of the molecule is COc1ccc([N+](=O)[O-])cc1NCc1cc(=O)oc2cc(C)ccc12. The van der Waals surface area contributed by atoms with Crippen molar-refractivity contribution in [1.29, 1.82) is 0 Å². The molecule has 0 spiro atoms. The average Bonchev–Trinajstić information content (AvgIpc) is 2.58. The minimum Gasteiger partial charge on any atom is -0.495 e. The van der Waals surface area contributed by atoms with Crippen LogP contribution in [0.5, 0.6) is 5.75 Å². The van der Waals surface area contributed by atoms with Gasteiger partial charge in [0.2, 0.25) is 0 Å². The van der Waals surface area contributed by atoms with Gasteiger partial charge in [0.05, 0.1) is 17.7 Å². The molecule has 0 saturated heterocycles. The zero-order chi connectivity index (χ0) is 18.0. The van der Waals surface area contributed by atoms with E-state index in [-0.39, 0.29) is 5.69 Å². The number of benzene rings is 2. The summed E-state index contributed by atoms with van der Waals surface area (Å²) in [5, 5.41) is 14.9. The summed E-state index contributed by atoms with van der Waals surface area (Å²) in [4.78, 5) is 22.3. The lowest BCUT2D eigenvalue weighted by atomic mass is 10.1. The van der Waals surface area contributed by atoms with Crippen LogP contribution in [0.4, 0.5) is 11.4 Å². The van der Waals surface area contributed by atoms with Gasteiger partial charge in [0.1, 0.15) is 11.3 Å². The van der Waals surface area contributed by atoms with E-state index in [9.17, 15) is 14.9 Å². The summed E-state index contributed by atoms with van der Waals surface area (Å²) in [6.45, 7) is 2.21. The molecule has 3 aromatic rings. The van der Waals surface area contributed by atoms with Crippen LogP contribution in [0.15, 0.2) is 51.7 Å². The standard InChI is InChI=1S/C18H16N2O5/c1-11-3-5-14-12(8-18(21)25-17(14)7-11)10-19-15-9-13(20(22)23)4-6-16(15)24-2/h3-9,19H,10H2,1-2H3. The highest BCUT2D eigenvalue weighted by molar-refractivity contribution is 5.81. The molecule has 0 radical (unpaired) electrons. The molecule has 1 heterocycles. The van der Waals surface area contributed by atoms with Crippen molar-refractivity contribution in [3.63, 3.8) is 0 Å². The average molecular weight is 340 g/mol. The fourth-order valence-electron chi connectivity index (χ4n) is 2.62. The van der Waals surface area contributed by atoms with Gasteiger partial charge in [-0.3, -0.25) is 10.1 Å². The van der Waals surface area contributed by atoms with Crippen LogP contribution < -0.4 is 15.7 Å². The van der Waals surface area contributed by atoms with Crippen molar-refractivity contribution in [2.24, 2.45) is 0 Å². The van der Waals surface area contributed by atoms with Crippen LogP contribution in [0.2, 0.25) is 0 Å². The maximum Gasteiger partial charge on any atom is 0.336 e. The fourth-order valence-corrected chi connectivity index (χ4v) is 2.62. The first-order chi connectivity index (χ1) is 12.0.